The lowest BCUT2D eigenvalue weighted by atomic mass is 10.5. The first-order valence-corrected chi connectivity index (χ1v) is 5.96. The fourth-order valence-electron chi connectivity index (χ4n) is 1.05. The Labute approximate surface area is 94.9 Å². The zero-order valence-electron chi connectivity index (χ0n) is 8.14. The third-order valence-electron chi connectivity index (χ3n) is 1.73. The molecular formula is C8H10N4OS2. The van der Waals surface area contributed by atoms with Crippen LogP contribution in [0.25, 0.3) is 9.88 Å². The maximum Gasteiger partial charge on any atom is 0.203 e. The molecule has 0 atom stereocenters. The minimum absolute atomic E-state index is 0.483. The van der Waals surface area contributed by atoms with Gasteiger partial charge >= 0.3 is 0 Å². The van der Waals surface area contributed by atoms with Crippen molar-refractivity contribution in [1.29, 1.82) is 0 Å². The molecule has 2 aromatic heterocycles. The number of methoxy groups -OCH3 is 1. The van der Waals surface area contributed by atoms with Crippen molar-refractivity contribution < 1.29 is 4.74 Å². The molecule has 7 heteroatoms. The summed E-state index contributed by atoms with van der Waals surface area (Å²) in [5.41, 5.74) is 5.51. The van der Waals surface area contributed by atoms with Gasteiger partial charge in [-0.05, 0) is 0 Å². The standard InChI is InChI=1S/C8H10N4OS2/c1-13-3-2-6-10-4-5(14-6)7-11-12-8(9)15-7/h4H,2-3H2,1H3,(H2,9,12). The summed E-state index contributed by atoms with van der Waals surface area (Å²) >= 11 is 2.97. The first-order chi connectivity index (χ1) is 7.29. The largest absolute Gasteiger partial charge is 0.384 e. The lowest BCUT2D eigenvalue weighted by Crippen LogP contribution is -1.92. The highest BCUT2D eigenvalue weighted by Gasteiger charge is 2.08. The Morgan fingerprint density at radius 1 is 1.40 bits per heavy atom. The number of nitrogens with two attached hydrogens (primary N) is 1. The predicted molar refractivity (Wildman–Crippen MR) is 61.0 cm³/mol. The van der Waals surface area contributed by atoms with Crippen LogP contribution in [0.15, 0.2) is 6.20 Å². The van der Waals surface area contributed by atoms with Gasteiger partial charge in [0.1, 0.15) is 0 Å². The fraction of sp³-hybridized carbons (Fsp3) is 0.375. The van der Waals surface area contributed by atoms with Crippen LogP contribution < -0.4 is 5.73 Å². The van der Waals surface area contributed by atoms with E-state index in [1.165, 1.54) is 11.3 Å². The lowest BCUT2D eigenvalue weighted by molar-refractivity contribution is 0.202. The van der Waals surface area contributed by atoms with Gasteiger partial charge in [-0.25, -0.2) is 4.98 Å². The summed E-state index contributed by atoms with van der Waals surface area (Å²) in [6.07, 6.45) is 2.63. The Balaban J connectivity index is 2.13. The van der Waals surface area contributed by atoms with Gasteiger partial charge in [0.2, 0.25) is 5.13 Å². The smallest absolute Gasteiger partial charge is 0.203 e. The van der Waals surface area contributed by atoms with Crippen LogP contribution in [-0.4, -0.2) is 28.9 Å². The van der Waals surface area contributed by atoms with Crippen LogP contribution in [0.1, 0.15) is 5.01 Å². The molecule has 5 nitrogen and oxygen atoms in total. The van der Waals surface area contributed by atoms with Crippen LogP contribution in [0.3, 0.4) is 0 Å². The summed E-state index contributed by atoms with van der Waals surface area (Å²) < 4.78 is 4.99. The predicted octanol–water partition coefficient (Wildman–Crippen LogP) is 1.43. The van der Waals surface area contributed by atoms with E-state index in [1.54, 1.807) is 24.6 Å². The van der Waals surface area contributed by atoms with Gasteiger partial charge in [-0.1, -0.05) is 11.3 Å². The molecule has 0 amide bonds. The van der Waals surface area contributed by atoms with E-state index in [4.69, 9.17) is 10.5 Å². The third kappa shape index (κ3) is 2.49. The Morgan fingerprint density at radius 2 is 2.27 bits per heavy atom. The molecule has 15 heavy (non-hydrogen) atoms. The van der Waals surface area contributed by atoms with Crippen molar-refractivity contribution >= 4 is 27.8 Å². The number of thiazole rings is 1. The van der Waals surface area contributed by atoms with Crippen molar-refractivity contribution in [2.24, 2.45) is 0 Å². The van der Waals surface area contributed by atoms with Gasteiger partial charge in [-0.15, -0.1) is 21.5 Å². The molecule has 0 aromatic carbocycles. The average Bonchev–Trinajstić information content (AvgIpc) is 2.83. The summed E-state index contributed by atoms with van der Waals surface area (Å²) in [5, 5.41) is 10.1. The van der Waals surface area contributed by atoms with E-state index < -0.39 is 0 Å². The normalized spacial score (nSPS) is 10.7. The van der Waals surface area contributed by atoms with Crippen LogP contribution in [0.2, 0.25) is 0 Å². The number of hydrogen-bond donors (Lipinski definition) is 1. The van der Waals surface area contributed by atoms with Gasteiger partial charge in [0.05, 0.1) is 16.5 Å². The van der Waals surface area contributed by atoms with Crippen molar-refractivity contribution in [2.75, 3.05) is 19.5 Å². The second kappa shape index (κ2) is 4.65. The van der Waals surface area contributed by atoms with E-state index in [9.17, 15) is 0 Å². The van der Waals surface area contributed by atoms with Gasteiger partial charge in [-0.3, -0.25) is 0 Å². The summed E-state index contributed by atoms with van der Waals surface area (Å²) in [4.78, 5) is 5.29. The molecule has 0 fully saturated rings. The minimum atomic E-state index is 0.483. The van der Waals surface area contributed by atoms with Crippen LogP contribution in [0.4, 0.5) is 5.13 Å². The molecule has 2 heterocycles. The second-order valence-electron chi connectivity index (χ2n) is 2.81. The molecule has 0 saturated heterocycles. The van der Waals surface area contributed by atoms with Gasteiger partial charge < -0.3 is 10.5 Å². The molecule has 0 aliphatic heterocycles. The van der Waals surface area contributed by atoms with Crippen LogP contribution in [0.5, 0.6) is 0 Å². The van der Waals surface area contributed by atoms with E-state index >= 15 is 0 Å². The van der Waals surface area contributed by atoms with Crippen molar-refractivity contribution in [3.05, 3.63) is 11.2 Å². The molecule has 0 saturated carbocycles. The van der Waals surface area contributed by atoms with Crippen molar-refractivity contribution in [3.63, 3.8) is 0 Å². The second-order valence-corrected chi connectivity index (χ2v) is 4.93. The fourth-order valence-corrected chi connectivity index (χ4v) is 2.59. The van der Waals surface area contributed by atoms with Crippen LogP contribution in [0, 0.1) is 0 Å². The van der Waals surface area contributed by atoms with Gasteiger partial charge in [0.15, 0.2) is 5.01 Å². The van der Waals surface area contributed by atoms with E-state index in [0.717, 1.165) is 21.3 Å². The van der Waals surface area contributed by atoms with Crippen LogP contribution in [-0.2, 0) is 11.2 Å². The molecule has 0 spiro atoms. The third-order valence-corrected chi connectivity index (χ3v) is 3.70. The van der Waals surface area contributed by atoms with Crippen molar-refractivity contribution in [1.82, 2.24) is 15.2 Å². The van der Waals surface area contributed by atoms with Gasteiger partial charge in [0, 0.05) is 19.7 Å². The number of aromatic nitrogens is 3. The average molecular weight is 242 g/mol. The number of nitrogen functional groups attached to an aromatic ring is 1. The Bertz CT molecular complexity index is 439. The molecule has 0 bridgehead atoms. The lowest BCUT2D eigenvalue weighted by Gasteiger charge is -1.92. The molecule has 0 unspecified atom stereocenters. The molecule has 0 radical (unpaired) electrons. The van der Waals surface area contributed by atoms with Gasteiger partial charge in [-0.2, -0.15) is 0 Å². The van der Waals surface area contributed by atoms with Crippen molar-refractivity contribution in [3.8, 4) is 9.88 Å². The maximum absolute atomic E-state index is 5.51. The molecular weight excluding hydrogens is 232 g/mol. The molecule has 0 aliphatic carbocycles. The van der Waals surface area contributed by atoms with E-state index in [-0.39, 0.29) is 0 Å². The van der Waals surface area contributed by atoms with Crippen molar-refractivity contribution in [2.45, 2.75) is 6.42 Å². The Morgan fingerprint density at radius 3 is 2.93 bits per heavy atom. The summed E-state index contributed by atoms with van der Waals surface area (Å²) in [5.74, 6) is 0. The van der Waals surface area contributed by atoms with E-state index in [1.807, 2.05) is 0 Å². The first kappa shape index (κ1) is 10.5. The topological polar surface area (TPSA) is 73.9 Å². The number of rotatable bonds is 4. The molecule has 0 aliphatic rings. The SMILES string of the molecule is COCCc1ncc(-c2nnc(N)s2)s1. The highest BCUT2D eigenvalue weighted by atomic mass is 32.1. The number of hydrogen-bond acceptors (Lipinski definition) is 7. The molecule has 80 valence electrons. The molecule has 2 N–H and O–H groups in total. The molecule has 2 rings (SSSR count). The number of nitrogens with zero attached hydrogens (tertiary/aromatic N) is 3. The summed E-state index contributed by atoms with van der Waals surface area (Å²) in [6.45, 7) is 0.686. The Hall–Kier alpha value is -1.05. The maximum atomic E-state index is 5.51. The van der Waals surface area contributed by atoms with E-state index in [2.05, 4.69) is 15.2 Å². The summed E-state index contributed by atoms with van der Waals surface area (Å²) in [6, 6.07) is 0. The quantitative estimate of drug-likeness (QED) is 0.878. The zero-order chi connectivity index (χ0) is 10.7. The molecule has 2 aromatic rings. The number of ether oxygens (including phenoxy) is 1. The first-order valence-electron chi connectivity index (χ1n) is 4.32. The number of anilines is 1. The highest BCUT2D eigenvalue weighted by molar-refractivity contribution is 7.23. The van der Waals surface area contributed by atoms with Gasteiger partial charge in [0.25, 0.3) is 0 Å². The highest BCUT2D eigenvalue weighted by Crippen LogP contribution is 2.29. The van der Waals surface area contributed by atoms with E-state index in [0.29, 0.717) is 11.7 Å². The van der Waals surface area contributed by atoms with Crippen LogP contribution >= 0.6 is 22.7 Å². The summed E-state index contributed by atoms with van der Waals surface area (Å²) in [7, 11) is 1.68. The minimum Gasteiger partial charge on any atom is -0.384 e. The zero-order valence-corrected chi connectivity index (χ0v) is 9.77. The Kier molecular flexibility index (Phi) is 3.24. The monoisotopic (exact) mass is 242 g/mol.